The lowest BCUT2D eigenvalue weighted by Gasteiger charge is -2.31. The molecule has 0 atom stereocenters. The number of ketones is 1. The van der Waals surface area contributed by atoms with E-state index in [-0.39, 0.29) is 5.78 Å². The monoisotopic (exact) mass is 452 g/mol. The molecule has 174 valence electrons. The Morgan fingerprint density at radius 1 is 1.00 bits per heavy atom. The molecule has 1 saturated heterocycles. The average Bonchev–Trinajstić information content (AvgIpc) is 3.36. The van der Waals surface area contributed by atoms with Gasteiger partial charge in [0.2, 0.25) is 0 Å². The van der Waals surface area contributed by atoms with Crippen molar-refractivity contribution in [3.05, 3.63) is 95.5 Å². The molecule has 34 heavy (non-hydrogen) atoms. The zero-order chi connectivity index (χ0) is 23.2. The van der Waals surface area contributed by atoms with Crippen LogP contribution in [0.25, 0.3) is 0 Å². The number of aromatic nitrogens is 2. The molecule has 1 aliphatic heterocycles. The van der Waals surface area contributed by atoms with Gasteiger partial charge in [0.05, 0.1) is 0 Å². The van der Waals surface area contributed by atoms with E-state index >= 15 is 0 Å². The summed E-state index contributed by atoms with van der Waals surface area (Å²) >= 11 is 0. The molecule has 1 aromatic heterocycles. The molecule has 1 N–H and O–H groups in total. The van der Waals surface area contributed by atoms with Crippen LogP contribution in [0.3, 0.4) is 0 Å². The molecular formula is C29H32N4O. The molecule has 5 nitrogen and oxygen atoms in total. The van der Waals surface area contributed by atoms with Gasteiger partial charge < -0.3 is 5.32 Å². The Labute approximate surface area is 201 Å². The van der Waals surface area contributed by atoms with Crippen molar-refractivity contribution in [3.63, 3.8) is 0 Å². The van der Waals surface area contributed by atoms with E-state index in [1.165, 1.54) is 24.0 Å². The number of rotatable bonds is 8. The van der Waals surface area contributed by atoms with Gasteiger partial charge in [-0.25, -0.2) is 9.97 Å². The quantitative estimate of drug-likeness (QED) is 0.348. The summed E-state index contributed by atoms with van der Waals surface area (Å²) in [7, 11) is 0. The number of allylic oxidation sites excluding steroid dienone is 2. The first-order valence-corrected chi connectivity index (χ1v) is 12.4. The molecule has 5 rings (SSSR count). The van der Waals surface area contributed by atoms with E-state index in [1.807, 2.05) is 24.3 Å². The highest BCUT2D eigenvalue weighted by atomic mass is 16.1. The molecule has 0 bridgehead atoms. The molecule has 2 aliphatic rings. The fourth-order valence-electron chi connectivity index (χ4n) is 5.01. The molecular weight excluding hydrogens is 420 g/mol. The largest absolute Gasteiger partial charge is 0.340 e. The van der Waals surface area contributed by atoms with Crippen molar-refractivity contribution < 1.29 is 4.79 Å². The number of likely N-dealkylation sites (tertiary alicyclic amines) is 1. The van der Waals surface area contributed by atoms with Crippen LogP contribution in [0.15, 0.2) is 73.1 Å². The van der Waals surface area contributed by atoms with Crippen LogP contribution in [-0.4, -0.2) is 33.7 Å². The van der Waals surface area contributed by atoms with Gasteiger partial charge in [-0.1, -0.05) is 36.4 Å². The first-order chi connectivity index (χ1) is 16.7. The summed E-state index contributed by atoms with van der Waals surface area (Å²) in [6.45, 7) is 3.29. The number of nitrogens with one attached hydrogen (secondary N) is 1. The summed E-state index contributed by atoms with van der Waals surface area (Å²) < 4.78 is 0. The average molecular weight is 453 g/mol. The van der Waals surface area contributed by atoms with Crippen molar-refractivity contribution >= 4 is 17.3 Å². The van der Waals surface area contributed by atoms with Gasteiger partial charge in [0.25, 0.3) is 0 Å². The third-order valence-corrected chi connectivity index (χ3v) is 7.00. The van der Waals surface area contributed by atoms with Crippen LogP contribution in [0.2, 0.25) is 0 Å². The standard InChI is InChI=1S/C29H32N4O/c34-28(11-4-8-22-16-18-33(19-17-22)20-23-6-2-1-3-7-23)24-12-14-25(15-13-24)32-29-26-9-5-10-27(26)30-21-31-29/h1-4,6-7,11-15,21-22H,5,8-10,16-20H2,(H,30,31,32)/b11-4+. The SMILES string of the molecule is O=C(/C=C/CC1CCN(Cc2ccccc2)CC1)c1ccc(Nc2ncnc3c2CCC3)cc1. The van der Waals surface area contributed by atoms with Gasteiger partial charge in [-0.15, -0.1) is 0 Å². The molecule has 0 unspecified atom stereocenters. The van der Waals surface area contributed by atoms with Gasteiger partial charge >= 0.3 is 0 Å². The molecule has 2 aromatic carbocycles. The van der Waals surface area contributed by atoms with Crippen molar-refractivity contribution in [2.24, 2.45) is 5.92 Å². The number of benzene rings is 2. The fraction of sp³-hybridized carbons (Fsp3) is 0.345. The lowest BCUT2D eigenvalue weighted by atomic mass is 9.93. The Bertz CT molecular complexity index is 1130. The van der Waals surface area contributed by atoms with Crippen molar-refractivity contribution in [2.45, 2.75) is 45.1 Å². The minimum Gasteiger partial charge on any atom is -0.340 e. The maximum atomic E-state index is 12.6. The van der Waals surface area contributed by atoms with Gasteiger partial charge in [-0.05, 0) is 93.4 Å². The number of carbonyl (C=O) groups excluding carboxylic acids is 1. The van der Waals surface area contributed by atoms with E-state index < -0.39 is 0 Å². The Balaban J connectivity index is 1.08. The number of hydrogen-bond donors (Lipinski definition) is 1. The van der Waals surface area contributed by atoms with E-state index in [2.05, 4.69) is 56.6 Å². The maximum Gasteiger partial charge on any atom is 0.185 e. The zero-order valence-electron chi connectivity index (χ0n) is 19.6. The van der Waals surface area contributed by atoms with Gasteiger partial charge in [0.15, 0.2) is 5.78 Å². The van der Waals surface area contributed by atoms with E-state index in [0.29, 0.717) is 11.5 Å². The Kier molecular flexibility index (Phi) is 7.10. The molecule has 1 aliphatic carbocycles. The molecule has 3 aromatic rings. The van der Waals surface area contributed by atoms with Crippen LogP contribution in [0.4, 0.5) is 11.5 Å². The number of anilines is 2. The van der Waals surface area contributed by atoms with Crippen LogP contribution in [-0.2, 0) is 19.4 Å². The van der Waals surface area contributed by atoms with Crippen LogP contribution >= 0.6 is 0 Å². The van der Waals surface area contributed by atoms with Crippen molar-refractivity contribution in [3.8, 4) is 0 Å². The smallest absolute Gasteiger partial charge is 0.185 e. The first-order valence-electron chi connectivity index (χ1n) is 12.4. The lowest BCUT2D eigenvalue weighted by molar-refractivity contribution is 0.104. The number of fused-ring (bicyclic) bond motifs is 1. The molecule has 0 radical (unpaired) electrons. The summed E-state index contributed by atoms with van der Waals surface area (Å²) in [6, 6.07) is 18.4. The van der Waals surface area contributed by atoms with Crippen LogP contribution in [0, 0.1) is 5.92 Å². The second kappa shape index (κ2) is 10.7. The Morgan fingerprint density at radius 2 is 1.79 bits per heavy atom. The molecule has 2 heterocycles. The minimum absolute atomic E-state index is 0.0657. The normalized spacial score (nSPS) is 16.6. The van der Waals surface area contributed by atoms with Crippen LogP contribution in [0.5, 0.6) is 0 Å². The predicted octanol–water partition coefficient (Wildman–Crippen LogP) is 5.75. The summed E-state index contributed by atoms with van der Waals surface area (Å²) in [5.41, 5.74) is 5.41. The van der Waals surface area contributed by atoms with Crippen molar-refractivity contribution in [1.29, 1.82) is 0 Å². The second-order valence-electron chi connectivity index (χ2n) is 9.41. The number of hydrogen-bond acceptors (Lipinski definition) is 5. The molecule has 0 amide bonds. The Morgan fingerprint density at radius 3 is 2.59 bits per heavy atom. The van der Waals surface area contributed by atoms with Crippen LogP contribution in [0.1, 0.15) is 52.9 Å². The lowest BCUT2D eigenvalue weighted by Crippen LogP contribution is -2.33. The number of aryl methyl sites for hydroxylation is 1. The number of nitrogens with zero attached hydrogens (tertiary/aromatic N) is 3. The highest BCUT2D eigenvalue weighted by Crippen LogP contribution is 2.27. The predicted molar refractivity (Wildman–Crippen MR) is 136 cm³/mol. The van der Waals surface area contributed by atoms with Gasteiger partial charge in [0, 0.05) is 29.1 Å². The zero-order valence-corrected chi connectivity index (χ0v) is 19.6. The second-order valence-corrected chi connectivity index (χ2v) is 9.41. The fourth-order valence-corrected chi connectivity index (χ4v) is 5.01. The minimum atomic E-state index is 0.0657. The van der Waals surface area contributed by atoms with E-state index in [1.54, 1.807) is 12.4 Å². The first kappa shape index (κ1) is 22.5. The van der Waals surface area contributed by atoms with Crippen molar-refractivity contribution in [1.82, 2.24) is 14.9 Å². The summed E-state index contributed by atoms with van der Waals surface area (Å²) in [5.74, 6) is 1.62. The van der Waals surface area contributed by atoms with E-state index in [9.17, 15) is 4.79 Å². The maximum absolute atomic E-state index is 12.6. The molecule has 0 spiro atoms. The van der Waals surface area contributed by atoms with E-state index in [0.717, 1.165) is 62.5 Å². The molecule has 5 heteroatoms. The summed E-state index contributed by atoms with van der Waals surface area (Å²) in [4.78, 5) is 23.9. The van der Waals surface area contributed by atoms with Gasteiger partial charge in [0.1, 0.15) is 12.1 Å². The number of carbonyl (C=O) groups is 1. The van der Waals surface area contributed by atoms with Gasteiger partial charge in [-0.3, -0.25) is 9.69 Å². The molecule has 1 fully saturated rings. The summed E-state index contributed by atoms with van der Waals surface area (Å²) in [6.07, 6.45) is 12.0. The highest BCUT2D eigenvalue weighted by molar-refractivity contribution is 6.04. The van der Waals surface area contributed by atoms with Crippen molar-refractivity contribution in [2.75, 3.05) is 18.4 Å². The Hall–Kier alpha value is -3.31. The number of piperidine rings is 1. The van der Waals surface area contributed by atoms with Crippen LogP contribution < -0.4 is 5.32 Å². The molecule has 0 saturated carbocycles. The van der Waals surface area contributed by atoms with Gasteiger partial charge in [-0.2, -0.15) is 0 Å². The van der Waals surface area contributed by atoms with E-state index in [4.69, 9.17) is 0 Å². The third kappa shape index (κ3) is 5.60. The third-order valence-electron chi connectivity index (χ3n) is 7.00. The highest BCUT2D eigenvalue weighted by Gasteiger charge is 2.19. The topological polar surface area (TPSA) is 58.1 Å². The summed E-state index contributed by atoms with van der Waals surface area (Å²) in [5, 5.41) is 3.39.